The third kappa shape index (κ3) is 4.69. The van der Waals surface area contributed by atoms with E-state index in [9.17, 15) is 0 Å². The summed E-state index contributed by atoms with van der Waals surface area (Å²) in [5.41, 5.74) is 9.89. The molecule has 9 rings (SSSR count). The molecule has 0 saturated carbocycles. The van der Waals surface area contributed by atoms with Gasteiger partial charge in [-0.25, -0.2) is 0 Å². The lowest BCUT2D eigenvalue weighted by Crippen LogP contribution is -1.90. The molecule has 0 radical (unpaired) electrons. The summed E-state index contributed by atoms with van der Waals surface area (Å²) in [6.45, 7) is 4.25. The maximum absolute atomic E-state index is 2.39. The van der Waals surface area contributed by atoms with E-state index >= 15 is 0 Å². The average Bonchev–Trinajstić information content (AvgIpc) is 3.90. The number of aromatic nitrogens is 2. The smallest absolute Gasteiger partial charge is 0.0999 e. The number of nitrogens with zero attached hydrogens (tertiary/aromatic N) is 2. The molecule has 218 valence electrons. The van der Waals surface area contributed by atoms with Crippen LogP contribution in [-0.4, -0.2) is 9.13 Å². The van der Waals surface area contributed by atoms with E-state index < -0.39 is 0 Å². The van der Waals surface area contributed by atoms with Crippen LogP contribution in [0.25, 0.3) is 75.9 Å². The SMILES string of the molecule is CCC.c1cc(-c2ccc3c(c2)c2ccccc2n3-c2cccs2)cc(-c2ccc3c(c2)c2ccccc2n3-c2cccs2)c1. The summed E-state index contributed by atoms with van der Waals surface area (Å²) < 4.78 is 4.77. The van der Waals surface area contributed by atoms with Gasteiger partial charge in [0.2, 0.25) is 0 Å². The van der Waals surface area contributed by atoms with Gasteiger partial charge in [-0.1, -0.05) is 87.0 Å². The zero-order valence-corrected chi connectivity index (χ0v) is 26.9. The van der Waals surface area contributed by atoms with Crippen molar-refractivity contribution in [2.24, 2.45) is 0 Å². The fraction of sp³-hybridized carbons (Fsp3) is 0.0732. The predicted molar refractivity (Wildman–Crippen MR) is 198 cm³/mol. The van der Waals surface area contributed by atoms with Crippen molar-refractivity contribution in [2.75, 3.05) is 0 Å². The Morgan fingerprint density at radius 1 is 0.400 bits per heavy atom. The van der Waals surface area contributed by atoms with Crippen LogP contribution in [0, 0.1) is 0 Å². The highest BCUT2D eigenvalue weighted by atomic mass is 32.1. The molecule has 9 aromatic rings. The van der Waals surface area contributed by atoms with Crippen LogP contribution in [-0.2, 0) is 0 Å². The van der Waals surface area contributed by atoms with Crippen LogP contribution in [0.4, 0.5) is 0 Å². The van der Waals surface area contributed by atoms with Gasteiger partial charge in [0, 0.05) is 21.5 Å². The summed E-state index contributed by atoms with van der Waals surface area (Å²) >= 11 is 3.55. The third-order valence-electron chi connectivity index (χ3n) is 8.33. The van der Waals surface area contributed by atoms with Crippen molar-refractivity contribution in [3.63, 3.8) is 0 Å². The van der Waals surface area contributed by atoms with Gasteiger partial charge in [0.05, 0.1) is 32.1 Å². The molecule has 2 nitrogen and oxygen atoms in total. The summed E-state index contributed by atoms with van der Waals surface area (Å²) in [7, 11) is 0. The average molecular weight is 617 g/mol. The van der Waals surface area contributed by atoms with E-state index in [2.05, 4.69) is 167 Å². The van der Waals surface area contributed by atoms with Crippen molar-refractivity contribution in [3.8, 4) is 32.3 Å². The Balaban J connectivity index is 0.000000966. The molecule has 0 amide bonds. The molecule has 0 unspecified atom stereocenters. The highest BCUT2D eigenvalue weighted by Gasteiger charge is 2.15. The van der Waals surface area contributed by atoms with Crippen molar-refractivity contribution in [3.05, 3.63) is 144 Å². The first-order chi connectivity index (χ1) is 22.2. The molecular weight excluding hydrogens is 585 g/mol. The number of rotatable bonds is 4. The first-order valence-corrected chi connectivity index (χ1v) is 17.3. The molecule has 4 heteroatoms. The van der Waals surface area contributed by atoms with Gasteiger partial charge in [-0.2, -0.15) is 0 Å². The lowest BCUT2D eigenvalue weighted by Gasteiger charge is -2.09. The molecule has 5 aromatic carbocycles. The fourth-order valence-electron chi connectivity index (χ4n) is 6.45. The minimum Gasteiger partial charge on any atom is -0.301 e. The first kappa shape index (κ1) is 27.6. The minimum absolute atomic E-state index is 1.23. The Labute approximate surface area is 271 Å². The van der Waals surface area contributed by atoms with E-state index in [1.54, 1.807) is 22.7 Å². The van der Waals surface area contributed by atoms with Gasteiger partial charge < -0.3 is 9.13 Å². The molecule has 0 N–H and O–H groups in total. The monoisotopic (exact) mass is 616 g/mol. The standard InChI is InChI=1S/C38H24N2S2.C3H8/c1-3-12-33-29(10-1)31-23-27(16-18-35(31)39(33)37-14-6-20-41-37)25-8-5-9-26(22-25)28-17-19-36-32(24-28)30-11-2-4-13-34(30)40(36)38-15-7-21-42-38;1-3-2/h1-24H;3H2,1-2H3. The first-order valence-electron chi connectivity index (χ1n) is 15.5. The van der Waals surface area contributed by atoms with E-state index in [1.807, 2.05) is 0 Å². The van der Waals surface area contributed by atoms with Crippen LogP contribution in [0.15, 0.2) is 144 Å². The molecule has 0 aliphatic heterocycles. The van der Waals surface area contributed by atoms with Crippen LogP contribution < -0.4 is 0 Å². The van der Waals surface area contributed by atoms with E-state index in [-0.39, 0.29) is 0 Å². The number of hydrogen-bond acceptors (Lipinski definition) is 2. The second-order valence-electron chi connectivity index (χ2n) is 11.4. The van der Waals surface area contributed by atoms with Crippen LogP contribution in [0.2, 0.25) is 0 Å². The van der Waals surface area contributed by atoms with Crippen LogP contribution in [0.1, 0.15) is 20.3 Å². The zero-order chi connectivity index (χ0) is 30.3. The van der Waals surface area contributed by atoms with E-state index in [0.29, 0.717) is 0 Å². The highest BCUT2D eigenvalue weighted by Crippen LogP contribution is 2.38. The Bertz CT molecular complexity index is 2250. The molecule has 0 aliphatic carbocycles. The molecular formula is C41H32N2S2. The second-order valence-corrected chi connectivity index (χ2v) is 13.2. The van der Waals surface area contributed by atoms with Crippen molar-refractivity contribution in [1.29, 1.82) is 0 Å². The lowest BCUT2D eigenvalue weighted by atomic mass is 9.97. The number of fused-ring (bicyclic) bond motifs is 6. The Morgan fingerprint density at radius 3 is 1.27 bits per heavy atom. The molecule has 0 fully saturated rings. The second kappa shape index (κ2) is 11.6. The van der Waals surface area contributed by atoms with Crippen molar-refractivity contribution < 1.29 is 0 Å². The van der Waals surface area contributed by atoms with E-state index in [0.717, 1.165) is 0 Å². The Morgan fingerprint density at radius 2 is 0.822 bits per heavy atom. The minimum atomic E-state index is 1.23. The molecule has 0 spiro atoms. The topological polar surface area (TPSA) is 9.86 Å². The predicted octanol–water partition coefficient (Wildman–Crippen LogP) is 12.8. The van der Waals surface area contributed by atoms with Gasteiger partial charge in [0.15, 0.2) is 0 Å². The maximum Gasteiger partial charge on any atom is 0.0999 e. The van der Waals surface area contributed by atoms with Crippen LogP contribution in [0.3, 0.4) is 0 Å². The van der Waals surface area contributed by atoms with Gasteiger partial charge in [0.25, 0.3) is 0 Å². The van der Waals surface area contributed by atoms with E-state index in [1.165, 1.54) is 82.3 Å². The number of benzene rings is 5. The number of para-hydroxylation sites is 2. The van der Waals surface area contributed by atoms with Gasteiger partial charge in [-0.3, -0.25) is 0 Å². The molecule has 4 heterocycles. The highest BCUT2D eigenvalue weighted by molar-refractivity contribution is 7.12. The van der Waals surface area contributed by atoms with Gasteiger partial charge in [0.1, 0.15) is 0 Å². The number of hydrogen-bond donors (Lipinski definition) is 0. The van der Waals surface area contributed by atoms with Gasteiger partial charge in [-0.05, 0) is 99.7 Å². The maximum atomic E-state index is 2.39. The lowest BCUT2D eigenvalue weighted by molar-refractivity contribution is 1.09. The van der Waals surface area contributed by atoms with Gasteiger partial charge >= 0.3 is 0 Å². The van der Waals surface area contributed by atoms with Gasteiger partial charge in [-0.15, -0.1) is 22.7 Å². The van der Waals surface area contributed by atoms with E-state index in [4.69, 9.17) is 0 Å². The molecule has 0 atom stereocenters. The zero-order valence-electron chi connectivity index (χ0n) is 25.3. The molecule has 45 heavy (non-hydrogen) atoms. The molecule has 0 aliphatic rings. The Hall–Kier alpha value is -4.90. The van der Waals surface area contributed by atoms with Crippen LogP contribution in [0.5, 0.6) is 0 Å². The summed E-state index contributed by atoms with van der Waals surface area (Å²) in [6.07, 6.45) is 1.25. The van der Waals surface area contributed by atoms with Crippen molar-refractivity contribution in [2.45, 2.75) is 20.3 Å². The van der Waals surface area contributed by atoms with Crippen molar-refractivity contribution >= 4 is 66.3 Å². The van der Waals surface area contributed by atoms with Crippen LogP contribution >= 0.6 is 22.7 Å². The Kier molecular flexibility index (Phi) is 7.09. The summed E-state index contributed by atoms with van der Waals surface area (Å²) in [6, 6.07) is 48.9. The number of thiophene rings is 2. The largest absolute Gasteiger partial charge is 0.301 e. The fourth-order valence-corrected chi connectivity index (χ4v) is 7.96. The molecule has 0 saturated heterocycles. The summed E-state index contributed by atoms with van der Waals surface area (Å²) in [4.78, 5) is 0. The van der Waals surface area contributed by atoms with Crippen molar-refractivity contribution in [1.82, 2.24) is 9.13 Å². The summed E-state index contributed by atoms with van der Waals surface area (Å²) in [5, 5.41) is 11.9. The molecule has 4 aromatic heterocycles. The normalized spacial score (nSPS) is 11.4. The third-order valence-corrected chi connectivity index (χ3v) is 10.0. The summed E-state index contributed by atoms with van der Waals surface area (Å²) in [5.74, 6) is 0. The molecule has 0 bridgehead atoms. The quantitative estimate of drug-likeness (QED) is 0.186.